The van der Waals surface area contributed by atoms with Gasteiger partial charge in [0.25, 0.3) is 0 Å². The maximum absolute atomic E-state index is 5.65. The summed E-state index contributed by atoms with van der Waals surface area (Å²) >= 11 is 0. The summed E-state index contributed by atoms with van der Waals surface area (Å²) in [7, 11) is 0. The van der Waals surface area contributed by atoms with Crippen molar-refractivity contribution < 1.29 is 4.74 Å². The van der Waals surface area contributed by atoms with Crippen LogP contribution < -0.4 is 4.74 Å². The zero-order chi connectivity index (χ0) is 11.2. The number of unbranched alkanes of at least 4 members (excludes halogenated alkanes) is 2. The number of hydrogen-bond acceptors (Lipinski definition) is 2. The van der Waals surface area contributed by atoms with Crippen molar-refractivity contribution in [3.63, 3.8) is 0 Å². The summed E-state index contributed by atoms with van der Waals surface area (Å²) in [5, 5.41) is 1.13. The van der Waals surface area contributed by atoms with E-state index < -0.39 is 0 Å². The average molecular weight is 215 g/mol. The summed E-state index contributed by atoms with van der Waals surface area (Å²) in [5.41, 5.74) is 1.02. The van der Waals surface area contributed by atoms with E-state index in [1.165, 1.54) is 12.8 Å². The average Bonchev–Trinajstić information content (AvgIpc) is 2.34. The van der Waals surface area contributed by atoms with E-state index in [1.54, 1.807) is 6.20 Å². The Labute approximate surface area is 96.3 Å². The van der Waals surface area contributed by atoms with Gasteiger partial charge < -0.3 is 4.74 Å². The first-order chi connectivity index (χ1) is 7.90. The van der Waals surface area contributed by atoms with E-state index in [0.29, 0.717) is 0 Å². The third-order valence-electron chi connectivity index (χ3n) is 2.58. The van der Waals surface area contributed by atoms with E-state index in [4.69, 9.17) is 4.74 Å². The fourth-order valence-electron chi connectivity index (χ4n) is 1.67. The van der Waals surface area contributed by atoms with E-state index in [1.807, 2.05) is 24.3 Å². The molecule has 2 heteroatoms. The Hall–Kier alpha value is -1.57. The lowest BCUT2D eigenvalue weighted by Gasteiger charge is -2.06. The molecule has 0 saturated heterocycles. The van der Waals surface area contributed by atoms with Crippen molar-refractivity contribution in [2.24, 2.45) is 0 Å². The molecule has 0 aliphatic carbocycles. The largest absolute Gasteiger partial charge is 0.492 e. The third-order valence-corrected chi connectivity index (χ3v) is 2.58. The lowest BCUT2D eigenvalue weighted by Crippen LogP contribution is -1.97. The number of ether oxygens (including phenoxy) is 1. The van der Waals surface area contributed by atoms with Gasteiger partial charge in [-0.25, -0.2) is 0 Å². The Balaban J connectivity index is 2.02. The molecular formula is C14H17NO. The molecule has 1 heterocycles. The van der Waals surface area contributed by atoms with Gasteiger partial charge in [-0.05, 0) is 18.6 Å². The second-order valence-corrected chi connectivity index (χ2v) is 3.92. The van der Waals surface area contributed by atoms with Crippen LogP contribution in [0.25, 0.3) is 10.9 Å². The molecule has 0 radical (unpaired) electrons. The van der Waals surface area contributed by atoms with Crippen molar-refractivity contribution >= 4 is 10.9 Å². The van der Waals surface area contributed by atoms with E-state index in [2.05, 4.69) is 18.0 Å². The summed E-state index contributed by atoms with van der Waals surface area (Å²) in [6, 6.07) is 10.1. The summed E-state index contributed by atoms with van der Waals surface area (Å²) in [4.78, 5) is 4.36. The van der Waals surface area contributed by atoms with Gasteiger partial charge in [-0.3, -0.25) is 4.98 Å². The van der Waals surface area contributed by atoms with Crippen molar-refractivity contribution in [2.75, 3.05) is 6.61 Å². The highest BCUT2D eigenvalue weighted by molar-refractivity contribution is 5.79. The first kappa shape index (κ1) is 10.9. The second-order valence-electron chi connectivity index (χ2n) is 3.92. The fraction of sp³-hybridized carbons (Fsp3) is 0.357. The molecule has 1 aromatic heterocycles. The Kier molecular flexibility index (Phi) is 3.76. The molecule has 1 aromatic carbocycles. The molecular weight excluding hydrogens is 198 g/mol. The number of aromatic nitrogens is 1. The van der Waals surface area contributed by atoms with Crippen LogP contribution in [0.15, 0.2) is 36.5 Å². The lowest BCUT2D eigenvalue weighted by atomic mass is 10.2. The molecule has 0 saturated carbocycles. The van der Waals surface area contributed by atoms with Crippen LogP contribution in [0.5, 0.6) is 5.75 Å². The van der Waals surface area contributed by atoms with Gasteiger partial charge in [0.2, 0.25) is 0 Å². The molecule has 0 aliphatic heterocycles. The summed E-state index contributed by atoms with van der Waals surface area (Å²) < 4.78 is 5.65. The minimum atomic E-state index is 0.786. The molecule has 0 bridgehead atoms. The number of fused-ring (bicyclic) bond motifs is 1. The van der Waals surface area contributed by atoms with Gasteiger partial charge in [0.1, 0.15) is 5.75 Å². The number of hydrogen-bond donors (Lipinski definition) is 0. The third kappa shape index (κ3) is 2.72. The number of para-hydroxylation sites is 1. The van der Waals surface area contributed by atoms with Crippen LogP contribution in [0.1, 0.15) is 26.2 Å². The van der Waals surface area contributed by atoms with Crippen molar-refractivity contribution in [1.82, 2.24) is 4.98 Å². The van der Waals surface area contributed by atoms with Gasteiger partial charge in [0.05, 0.1) is 18.3 Å². The highest BCUT2D eigenvalue weighted by Gasteiger charge is 1.97. The smallest absolute Gasteiger partial charge is 0.138 e. The molecule has 84 valence electrons. The maximum Gasteiger partial charge on any atom is 0.138 e. The van der Waals surface area contributed by atoms with Gasteiger partial charge >= 0.3 is 0 Å². The first-order valence-corrected chi connectivity index (χ1v) is 5.88. The molecule has 0 aliphatic rings. The molecule has 0 N–H and O–H groups in total. The van der Waals surface area contributed by atoms with E-state index in [-0.39, 0.29) is 0 Å². The lowest BCUT2D eigenvalue weighted by molar-refractivity contribution is 0.305. The van der Waals surface area contributed by atoms with Gasteiger partial charge in [-0.15, -0.1) is 0 Å². The number of rotatable bonds is 5. The Morgan fingerprint density at radius 2 is 2.06 bits per heavy atom. The molecule has 0 atom stereocenters. The molecule has 0 amide bonds. The van der Waals surface area contributed by atoms with E-state index in [9.17, 15) is 0 Å². The molecule has 2 rings (SSSR count). The predicted octanol–water partition coefficient (Wildman–Crippen LogP) is 3.80. The second kappa shape index (κ2) is 5.50. The number of pyridine rings is 1. The molecule has 2 aromatic rings. The van der Waals surface area contributed by atoms with Crippen LogP contribution in [-0.4, -0.2) is 11.6 Å². The fourth-order valence-corrected chi connectivity index (χ4v) is 1.67. The maximum atomic E-state index is 5.65. The van der Waals surface area contributed by atoms with Gasteiger partial charge in [0.15, 0.2) is 0 Å². The van der Waals surface area contributed by atoms with Crippen LogP contribution >= 0.6 is 0 Å². The predicted molar refractivity (Wildman–Crippen MR) is 66.8 cm³/mol. The molecule has 0 spiro atoms. The number of benzene rings is 1. The molecule has 2 nitrogen and oxygen atoms in total. The standard InChI is InChI=1S/C14H17NO/c1-2-3-6-9-16-13-10-12-7-4-5-8-14(12)15-11-13/h4-5,7-8,10-11H,2-3,6,9H2,1H3. The van der Waals surface area contributed by atoms with Gasteiger partial charge in [-0.2, -0.15) is 0 Å². The van der Waals surface area contributed by atoms with Crippen LogP contribution in [-0.2, 0) is 0 Å². The van der Waals surface area contributed by atoms with Crippen molar-refractivity contribution in [2.45, 2.75) is 26.2 Å². The van der Waals surface area contributed by atoms with Crippen molar-refractivity contribution in [3.05, 3.63) is 36.5 Å². The normalized spacial score (nSPS) is 10.6. The Bertz CT molecular complexity index is 453. The van der Waals surface area contributed by atoms with E-state index >= 15 is 0 Å². The number of nitrogens with zero attached hydrogens (tertiary/aromatic N) is 1. The van der Waals surface area contributed by atoms with E-state index in [0.717, 1.165) is 29.7 Å². The molecule has 16 heavy (non-hydrogen) atoms. The zero-order valence-electron chi connectivity index (χ0n) is 9.65. The molecule has 0 unspecified atom stereocenters. The topological polar surface area (TPSA) is 22.1 Å². The van der Waals surface area contributed by atoms with Gasteiger partial charge in [-0.1, -0.05) is 38.0 Å². The Morgan fingerprint density at radius 1 is 1.19 bits per heavy atom. The van der Waals surface area contributed by atoms with Crippen LogP contribution in [0.4, 0.5) is 0 Å². The van der Waals surface area contributed by atoms with Crippen LogP contribution in [0.3, 0.4) is 0 Å². The van der Waals surface area contributed by atoms with Crippen LogP contribution in [0, 0.1) is 0 Å². The molecule has 0 fully saturated rings. The Morgan fingerprint density at radius 3 is 2.94 bits per heavy atom. The highest BCUT2D eigenvalue weighted by atomic mass is 16.5. The first-order valence-electron chi connectivity index (χ1n) is 5.88. The monoisotopic (exact) mass is 215 g/mol. The van der Waals surface area contributed by atoms with Crippen molar-refractivity contribution in [1.29, 1.82) is 0 Å². The minimum absolute atomic E-state index is 0.786. The summed E-state index contributed by atoms with van der Waals surface area (Å²) in [6.45, 7) is 2.98. The summed E-state index contributed by atoms with van der Waals surface area (Å²) in [6.07, 6.45) is 5.36. The van der Waals surface area contributed by atoms with Crippen molar-refractivity contribution in [3.8, 4) is 5.75 Å². The highest BCUT2D eigenvalue weighted by Crippen LogP contribution is 2.17. The van der Waals surface area contributed by atoms with Crippen LogP contribution in [0.2, 0.25) is 0 Å². The van der Waals surface area contributed by atoms with Gasteiger partial charge in [0, 0.05) is 5.39 Å². The SMILES string of the molecule is CCCCCOc1cnc2ccccc2c1. The minimum Gasteiger partial charge on any atom is -0.492 e. The zero-order valence-corrected chi connectivity index (χ0v) is 9.65. The quantitative estimate of drug-likeness (QED) is 0.708. The summed E-state index contributed by atoms with van der Waals surface area (Å²) in [5.74, 6) is 0.870.